The van der Waals surface area contributed by atoms with Gasteiger partial charge in [0.2, 0.25) is 0 Å². The first-order valence-corrected chi connectivity index (χ1v) is 11.0. The van der Waals surface area contributed by atoms with E-state index < -0.39 is 5.92 Å². The molecule has 150 valence electrons. The number of rotatable bonds is 3. The minimum atomic E-state index is -0.428. The number of fused-ring (bicyclic) bond motifs is 5. The summed E-state index contributed by atoms with van der Waals surface area (Å²) in [6, 6.07) is 0. The Morgan fingerprint density at radius 3 is 2.63 bits per heavy atom. The smallest absolute Gasteiger partial charge is 0.165 e. The summed E-state index contributed by atoms with van der Waals surface area (Å²) < 4.78 is 5.77. The monoisotopic (exact) mass is 372 g/mol. The highest BCUT2D eigenvalue weighted by Gasteiger charge is 2.61. The molecule has 4 aliphatic carbocycles. The van der Waals surface area contributed by atoms with Gasteiger partial charge in [0.25, 0.3) is 0 Å². The lowest BCUT2D eigenvalue weighted by Gasteiger charge is -2.60. The number of ketones is 1. The molecule has 9 atom stereocenters. The molecule has 0 heterocycles. The van der Waals surface area contributed by atoms with Crippen molar-refractivity contribution in [2.75, 3.05) is 7.11 Å². The molecule has 0 aliphatic heterocycles. The zero-order valence-electron chi connectivity index (χ0n) is 17.7. The largest absolute Gasteiger partial charge is 0.381 e. The summed E-state index contributed by atoms with van der Waals surface area (Å²) in [5.41, 5.74) is 1.74. The van der Waals surface area contributed by atoms with Crippen LogP contribution in [-0.4, -0.2) is 25.3 Å². The Balaban J connectivity index is 1.69. The van der Waals surface area contributed by atoms with Gasteiger partial charge in [-0.25, -0.2) is 0 Å². The number of methoxy groups -OCH3 is 1. The first kappa shape index (κ1) is 19.4. The Bertz CT molecular complexity index is 667. The fraction of sp³-hybridized carbons (Fsp3) is 0.833. The van der Waals surface area contributed by atoms with E-state index in [-0.39, 0.29) is 11.2 Å². The van der Waals surface area contributed by atoms with E-state index in [1.807, 2.05) is 13.2 Å². The van der Waals surface area contributed by atoms with Crippen LogP contribution in [0.2, 0.25) is 0 Å². The number of allylic oxidation sites excluding steroid dienone is 1. The molecule has 4 aliphatic rings. The lowest BCUT2D eigenvalue weighted by Crippen LogP contribution is -2.54. The van der Waals surface area contributed by atoms with Crippen molar-refractivity contribution in [3.05, 3.63) is 11.6 Å². The van der Waals surface area contributed by atoms with E-state index >= 15 is 0 Å². The maximum Gasteiger partial charge on any atom is 0.165 e. The van der Waals surface area contributed by atoms with Crippen molar-refractivity contribution < 1.29 is 14.3 Å². The number of ether oxygens (including phenoxy) is 1. The fourth-order valence-electron chi connectivity index (χ4n) is 8.20. The van der Waals surface area contributed by atoms with Gasteiger partial charge in [0.1, 0.15) is 6.29 Å². The van der Waals surface area contributed by atoms with Crippen molar-refractivity contribution in [3.8, 4) is 0 Å². The molecule has 0 bridgehead atoms. The van der Waals surface area contributed by atoms with Gasteiger partial charge in [-0.1, -0.05) is 26.3 Å². The second-order valence-corrected chi connectivity index (χ2v) is 10.5. The van der Waals surface area contributed by atoms with E-state index in [2.05, 4.69) is 27.7 Å². The first-order valence-electron chi connectivity index (χ1n) is 11.0. The SMILES string of the molecule is COC(C)C1CCC2C3C[C@H](C)C4=CC(=O)C(C=O)CC4(C)[C@H]3CCC12C. The number of aldehydes is 1. The van der Waals surface area contributed by atoms with Crippen molar-refractivity contribution in [2.24, 2.45) is 46.3 Å². The van der Waals surface area contributed by atoms with Gasteiger partial charge in [0.05, 0.1) is 12.0 Å². The van der Waals surface area contributed by atoms with Crippen molar-refractivity contribution in [1.82, 2.24) is 0 Å². The molecule has 0 amide bonds. The number of carbonyl (C=O) groups is 2. The molecular weight excluding hydrogens is 336 g/mol. The Kier molecular flexibility index (Phi) is 4.69. The normalized spacial score (nSPS) is 50.3. The van der Waals surface area contributed by atoms with Crippen molar-refractivity contribution in [1.29, 1.82) is 0 Å². The predicted molar refractivity (Wildman–Crippen MR) is 106 cm³/mol. The van der Waals surface area contributed by atoms with Crippen LogP contribution in [0.1, 0.15) is 66.2 Å². The quantitative estimate of drug-likeness (QED) is 0.526. The maximum absolute atomic E-state index is 12.4. The third-order valence-corrected chi connectivity index (χ3v) is 9.55. The second-order valence-electron chi connectivity index (χ2n) is 10.5. The molecule has 0 saturated heterocycles. The molecule has 3 heteroatoms. The molecule has 3 nitrogen and oxygen atoms in total. The average Bonchev–Trinajstić information content (AvgIpc) is 2.99. The van der Waals surface area contributed by atoms with Gasteiger partial charge in [-0.15, -0.1) is 0 Å². The van der Waals surface area contributed by atoms with Crippen LogP contribution in [0.3, 0.4) is 0 Å². The number of hydrogen-bond acceptors (Lipinski definition) is 3. The summed E-state index contributed by atoms with van der Waals surface area (Å²) in [5, 5.41) is 0. The van der Waals surface area contributed by atoms with Gasteiger partial charge in [-0.2, -0.15) is 0 Å². The summed E-state index contributed by atoms with van der Waals surface area (Å²) in [6.07, 6.45) is 10.1. The standard InChI is InChI=1S/C24H36O3/c1-14-10-17-19-7-6-18(15(2)27-5)23(19,3)9-8-20(17)24(4)12-16(13-25)22(26)11-21(14)24/h11,13-20H,6-10,12H2,1-5H3/t14-,15?,16?,17?,18?,19?,20-,23?,24?/m0/s1. The highest BCUT2D eigenvalue weighted by molar-refractivity contribution is 6.02. The molecule has 0 aromatic carbocycles. The molecule has 0 radical (unpaired) electrons. The Morgan fingerprint density at radius 1 is 1.22 bits per heavy atom. The summed E-state index contributed by atoms with van der Waals surface area (Å²) in [5.74, 6) is 2.81. The van der Waals surface area contributed by atoms with Crippen LogP contribution in [0.25, 0.3) is 0 Å². The Labute approximate surface area is 164 Å². The van der Waals surface area contributed by atoms with Crippen LogP contribution in [0.4, 0.5) is 0 Å². The van der Waals surface area contributed by atoms with E-state index in [1.54, 1.807) is 0 Å². The third kappa shape index (κ3) is 2.63. The third-order valence-electron chi connectivity index (χ3n) is 9.55. The van der Waals surface area contributed by atoms with Gasteiger partial charge in [-0.05, 0) is 91.9 Å². The van der Waals surface area contributed by atoms with Gasteiger partial charge in [0, 0.05) is 7.11 Å². The van der Waals surface area contributed by atoms with Gasteiger partial charge < -0.3 is 9.53 Å². The Hall–Kier alpha value is -0.960. The zero-order valence-corrected chi connectivity index (χ0v) is 17.7. The van der Waals surface area contributed by atoms with Crippen LogP contribution in [0.5, 0.6) is 0 Å². The van der Waals surface area contributed by atoms with Crippen molar-refractivity contribution in [3.63, 3.8) is 0 Å². The van der Waals surface area contributed by atoms with E-state index in [1.165, 1.54) is 37.7 Å². The second kappa shape index (κ2) is 6.54. The van der Waals surface area contributed by atoms with Crippen LogP contribution < -0.4 is 0 Å². The Morgan fingerprint density at radius 2 is 1.96 bits per heavy atom. The van der Waals surface area contributed by atoms with E-state index in [0.717, 1.165) is 24.5 Å². The molecule has 0 N–H and O–H groups in total. The van der Waals surface area contributed by atoms with Crippen LogP contribution >= 0.6 is 0 Å². The average molecular weight is 373 g/mol. The molecular formula is C24H36O3. The zero-order chi connectivity index (χ0) is 19.6. The van der Waals surface area contributed by atoms with E-state index in [0.29, 0.717) is 29.3 Å². The lowest BCUT2D eigenvalue weighted by molar-refractivity contribution is -0.130. The topological polar surface area (TPSA) is 43.4 Å². The maximum atomic E-state index is 12.4. The van der Waals surface area contributed by atoms with Crippen LogP contribution in [0.15, 0.2) is 11.6 Å². The van der Waals surface area contributed by atoms with Crippen LogP contribution in [0, 0.1) is 46.3 Å². The molecule has 4 rings (SSSR count). The summed E-state index contributed by atoms with van der Waals surface area (Å²) in [7, 11) is 1.85. The molecule has 0 spiro atoms. The molecule has 3 saturated carbocycles. The molecule has 7 unspecified atom stereocenters. The lowest BCUT2D eigenvalue weighted by atomic mass is 9.44. The van der Waals surface area contributed by atoms with Crippen LogP contribution in [-0.2, 0) is 14.3 Å². The van der Waals surface area contributed by atoms with Gasteiger partial charge in [0.15, 0.2) is 5.78 Å². The van der Waals surface area contributed by atoms with E-state index in [9.17, 15) is 9.59 Å². The highest BCUT2D eigenvalue weighted by atomic mass is 16.5. The summed E-state index contributed by atoms with van der Waals surface area (Å²) in [4.78, 5) is 23.9. The minimum Gasteiger partial charge on any atom is -0.381 e. The van der Waals surface area contributed by atoms with Gasteiger partial charge in [-0.3, -0.25) is 4.79 Å². The van der Waals surface area contributed by atoms with Crippen molar-refractivity contribution >= 4 is 12.1 Å². The highest BCUT2D eigenvalue weighted by Crippen LogP contribution is 2.68. The molecule has 0 aromatic rings. The molecule has 0 aromatic heterocycles. The fourth-order valence-corrected chi connectivity index (χ4v) is 8.20. The molecule has 27 heavy (non-hydrogen) atoms. The summed E-state index contributed by atoms with van der Waals surface area (Å²) in [6.45, 7) is 9.45. The van der Waals surface area contributed by atoms with Gasteiger partial charge >= 0.3 is 0 Å². The predicted octanol–water partition coefficient (Wildman–Crippen LogP) is 4.84. The number of hydrogen-bond donors (Lipinski definition) is 0. The van der Waals surface area contributed by atoms with Crippen molar-refractivity contribution in [2.45, 2.75) is 72.3 Å². The first-order chi connectivity index (χ1) is 12.8. The molecule has 3 fully saturated rings. The summed E-state index contributed by atoms with van der Waals surface area (Å²) >= 11 is 0. The minimum absolute atomic E-state index is 0.0219. The number of carbonyl (C=O) groups excluding carboxylic acids is 2. The van der Waals surface area contributed by atoms with E-state index in [4.69, 9.17) is 4.74 Å².